The van der Waals surface area contributed by atoms with E-state index in [-0.39, 0.29) is 28.0 Å². The summed E-state index contributed by atoms with van der Waals surface area (Å²) >= 11 is 0. The van der Waals surface area contributed by atoms with Crippen molar-refractivity contribution >= 4 is 10.0 Å². The third kappa shape index (κ3) is 3.98. The van der Waals surface area contributed by atoms with Gasteiger partial charge in [-0.3, -0.25) is 4.79 Å². The highest BCUT2D eigenvalue weighted by Crippen LogP contribution is 2.26. The maximum absolute atomic E-state index is 12.7. The molecule has 1 fully saturated rings. The quantitative estimate of drug-likeness (QED) is 0.770. The molecule has 3 heterocycles. The normalized spacial score (nSPS) is 16.7. The fourth-order valence-electron chi connectivity index (χ4n) is 2.92. The number of hydrogen-bond donors (Lipinski definition) is 0. The summed E-state index contributed by atoms with van der Waals surface area (Å²) in [6.07, 6.45) is 3.10. The molecule has 0 aliphatic carbocycles. The van der Waals surface area contributed by atoms with Crippen LogP contribution in [0.25, 0.3) is 0 Å². The van der Waals surface area contributed by atoms with Crippen LogP contribution in [0.2, 0.25) is 0 Å². The fourth-order valence-corrected chi connectivity index (χ4v) is 4.44. The summed E-state index contributed by atoms with van der Waals surface area (Å²) in [4.78, 5) is 16.1. The lowest BCUT2D eigenvalue weighted by molar-refractivity contribution is 0.171. The molecule has 0 bridgehead atoms. The van der Waals surface area contributed by atoms with Crippen LogP contribution in [0.4, 0.5) is 0 Å². The van der Waals surface area contributed by atoms with Crippen LogP contribution in [0, 0.1) is 5.92 Å². The molecule has 9 heteroatoms. The van der Waals surface area contributed by atoms with E-state index >= 15 is 0 Å². The van der Waals surface area contributed by atoms with Gasteiger partial charge in [-0.05, 0) is 19.9 Å². The van der Waals surface area contributed by atoms with Crippen LogP contribution >= 0.6 is 0 Å². The maximum Gasteiger partial charge on any atom is 0.266 e. The Balaban J connectivity index is 1.68. The van der Waals surface area contributed by atoms with Crippen molar-refractivity contribution in [2.24, 2.45) is 5.92 Å². The zero-order valence-electron chi connectivity index (χ0n) is 16.5. The van der Waals surface area contributed by atoms with Gasteiger partial charge < -0.3 is 4.57 Å². The van der Waals surface area contributed by atoms with Gasteiger partial charge in [0.05, 0.1) is 18.6 Å². The minimum Gasteiger partial charge on any atom is -0.334 e. The van der Waals surface area contributed by atoms with Gasteiger partial charge in [0.1, 0.15) is 0 Å². The summed E-state index contributed by atoms with van der Waals surface area (Å²) in [7, 11) is -3.59. The Morgan fingerprint density at radius 3 is 2.44 bits per heavy atom. The van der Waals surface area contributed by atoms with Crippen molar-refractivity contribution in [3.63, 3.8) is 0 Å². The summed E-state index contributed by atoms with van der Waals surface area (Å²) < 4.78 is 30.0. The Hall–Kier alpha value is -2.00. The lowest BCUT2D eigenvalue weighted by Gasteiger charge is -2.37. The van der Waals surface area contributed by atoms with Crippen molar-refractivity contribution in [2.45, 2.75) is 57.6 Å². The Morgan fingerprint density at radius 1 is 1.22 bits per heavy atom. The van der Waals surface area contributed by atoms with Gasteiger partial charge in [-0.15, -0.1) is 0 Å². The minimum absolute atomic E-state index is 0.0624. The van der Waals surface area contributed by atoms with Crippen molar-refractivity contribution in [2.75, 3.05) is 13.1 Å². The number of imidazole rings is 1. The number of aromatic nitrogens is 4. The van der Waals surface area contributed by atoms with Crippen molar-refractivity contribution < 1.29 is 8.42 Å². The summed E-state index contributed by atoms with van der Waals surface area (Å²) in [5.74, 6) is 0.0624. The van der Waals surface area contributed by atoms with Crippen molar-refractivity contribution in [1.29, 1.82) is 0 Å². The lowest BCUT2D eigenvalue weighted by atomic mass is 9.92. The molecule has 148 valence electrons. The molecular formula is C18H27N5O3S. The van der Waals surface area contributed by atoms with Crippen molar-refractivity contribution in [1.82, 2.24) is 23.6 Å². The Kier molecular flexibility index (Phi) is 5.02. The highest BCUT2D eigenvalue weighted by molar-refractivity contribution is 7.89. The maximum atomic E-state index is 12.7. The topological polar surface area (TPSA) is 90.1 Å². The van der Waals surface area contributed by atoms with Gasteiger partial charge in [0.15, 0.2) is 5.03 Å². The van der Waals surface area contributed by atoms with Crippen LogP contribution in [0.1, 0.15) is 46.4 Å². The molecule has 2 aromatic heterocycles. The third-order valence-corrected chi connectivity index (χ3v) is 6.49. The first-order chi connectivity index (χ1) is 12.5. The molecule has 1 aliphatic heterocycles. The van der Waals surface area contributed by atoms with E-state index < -0.39 is 10.0 Å². The molecule has 0 radical (unpaired) electrons. The molecule has 1 saturated heterocycles. The van der Waals surface area contributed by atoms with Gasteiger partial charge in [-0.25, -0.2) is 18.1 Å². The first-order valence-electron chi connectivity index (χ1n) is 9.11. The van der Waals surface area contributed by atoms with Crippen LogP contribution in [-0.2, 0) is 22.0 Å². The number of nitrogens with zero attached hydrogens (tertiary/aromatic N) is 5. The second-order valence-corrected chi connectivity index (χ2v) is 10.3. The SMILES string of the molecule is CC(C)n1cnc(S(=O)(=O)N2CC(Cn3nc(C(C)(C)C)ccc3=O)C2)c1. The standard InChI is InChI=1S/C18H27N5O3S/c1-13(2)21-11-16(19-12-21)27(25,26)22-8-14(9-22)10-23-17(24)7-6-15(20-23)18(3,4)5/h6-7,11-14H,8-10H2,1-5H3. The highest BCUT2D eigenvalue weighted by Gasteiger charge is 2.38. The molecule has 0 amide bonds. The molecule has 8 nitrogen and oxygen atoms in total. The van der Waals surface area contributed by atoms with Crippen molar-refractivity contribution in [3.8, 4) is 0 Å². The van der Waals surface area contributed by atoms with Crippen LogP contribution in [0.5, 0.6) is 0 Å². The third-order valence-electron chi connectivity index (χ3n) is 4.77. The molecule has 1 aliphatic rings. The van der Waals surface area contributed by atoms with Crippen LogP contribution in [0.3, 0.4) is 0 Å². The summed E-state index contributed by atoms with van der Waals surface area (Å²) in [6.45, 7) is 11.2. The predicted octanol–water partition coefficient (Wildman–Crippen LogP) is 1.64. The molecule has 0 aromatic carbocycles. The Labute approximate surface area is 159 Å². The minimum atomic E-state index is -3.59. The molecule has 0 spiro atoms. The van der Waals surface area contributed by atoms with Gasteiger partial charge >= 0.3 is 0 Å². The number of rotatable bonds is 5. The zero-order chi connectivity index (χ0) is 20.0. The van der Waals surface area contributed by atoms with Crippen LogP contribution in [-0.4, -0.2) is 45.1 Å². The van der Waals surface area contributed by atoms with Gasteiger partial charge in [-0.2, -0.15) is 9.40 Å². The lowest BCUT2D eigenvalue weighted by Crippen LogP contribution is -2.52. The van der Waals surface area contributed by atoms with E-state index in [2.05, 4.69) is 10.1 Å². The van der Waals surface area contributed by atoms with E-state index in [1.54, 1.807) is 16.8 Å². The molecule has 3 rings (SSSR count). The van der Waals surface area contributed by atoms with E-state index in [1.807, 2.05) is 34.6 Å². The molecule has 0 N–H and O–H groups in total. The smallest absolute Gasteiger partial charge is 0.266 e. The average Bonchev–Trinajstić information content (AvgIpc) is 3.01. The highest BCUT2D eigenvalue weighted by atomic mass is 32.2. The number of sulfonamides is 1. The fraction of sp³-hybridized carbons (Fsp3) is 0.611. The molecular weight excluding hydrogens is 366 g/mol. The van der Waals surface area contributed by atoms with E-state index in [4.69, 9.17) is 0 Å². The molecule has 0 atom stereocenters. The second-order valence-electron chi connectivity index (χ2n) is 8.43. The molecule has 0 saturated carbocycles. The summed E-state index contributed by atoms with van der Waals surface area (Å²) in [5.41, 5.74) is 0.518. The summed E-state index contributed by atoms with van der Waals surface area (Å²) in [5, 5.41) is 4.52. The Morgan fingerprint density at radius 2 is 1.89 bits per heavy atom. The van der Waals surface area contributed by atoms with E-state index in [0.717, 1.165) is 5.69 Å². The van der Waals surface area contributed by atoms with E-state index in [1.165, 1.54) is 21.4 Å². The van der Waals surface area contributed by atoms with Gasteiger partial charge in [-0.1, -0.05) is 20.8 Å². The van der Waals surface area contributed by atoms with Gasteiger partial charge in [0, 0.05) is 42.7 Å². The molecule has 2 aromatic rings. The monoisotopic (exact) mass is 393 g/mol. The summed E-state index contributed by atoms with van der Waals surface area (Å²) in [6, 6.07) is 3.43. The first-order valence-corrected chi connectivity index (χ1v) is 10.5. The number of hydrogen-bond acceptors (Lipinski definition) is 5. The van der Waals surface area contributed by atoms with Gasteiger partial charge in [0.25, 0.3) is 15.6 Å². The first kappa shape index (κ1) is 19.8. The van der Waals surface area contributed by atoms with Crippen LogP contribution < -0.4 is 5.56 Å². The zero-order valence-corrected chi connectivity index (χ0v) is 17.3. The molecule has 0 unspecified atom stereocenters. The second kappa shape index (κ2) is 6.87. The van der Waals surface area contributed by atoms with Crippen molar-refractivity contribution in [3.05, 3.63) is 40.7 Å². The largest absolute Gasteiger partial charge is 0.334 e. The average molecular weight is 394 g/mol. The predicted molar refractivity (Wildman–Crippen MR) is 102 cm³/mol. The molecule has 27 heavy (non-hydrogen) atoms. The van der Waals surface area contributed by atoms with E-state index in [0.29, 0.717) is 19.6 Å². The van der Waals surface area contributed by atoms with E-state index in [9.17, 15) is 13.2 Å². The Bertz CT molecular complexity index is 979. The van der Waals surface area contributed by atoms with Crippen LogP contribution in [0.15, 0.2) is 34.5 Å². The van der Waals surface area contributed by atoms with Gasteiger partial charge in [0.2, 0.25) is 0 Å².